The number of rotatable bonds is 4. The molecule has 1 atom stereocenters. The molecule has 0 aromatic heterocycles. The third kappa shape index (κ3) is 3.01. The Balaban J connectivity index is 2.01. The molecule has 0 saturated carbocycles. The number of nitro groups is 1. The molecule has 0 fully saturated rings. The van der Waals surface area contributed by atoms with Crippen molar-refractivity contribution in [2.75, 3.05) is 0 Å². The molecule has 25 heavy (non-hydrogen) atoms. The topological polar surface area (TPSA) is 83.5 Å². The van der Waals surface area contributed by atoms with Crippen molar-refractivity contribution >= 4 is 28.2 Å². The Kier molecular flexibility index (Phi) is 4.30. The molecule has 1 N–H and O–H groups in total. The Labute approximate surface area is 148 Å². The minimum atomic E-state index is -2.01. The minimum absolute atomic E-state index is 0.0710. The summed E-state index contributed by atoms with van der Waals surface area (Å²) in [7, 11) is 0. The lowest BCUT2D eigenvalue weighted by atomic mass is 9.82. The summed E-state index contributed by atoms with van der Waals surface area (Å²) in [5.41, 5.74) is 3.90. The molecule has 3 rings (SSSR count). The fraction of sp³-hybridized carbons (Fsp3) is 0.278. The number of benzene rings is 2. The lowest BCUT2D eigenvalue weighted by Crippen LogP contribution is -2.26. The van der Waals surface area contributed by atoms with Crippen molar-refractivity contribution in [2.24, 2.45) is 0 Å². The van der Waals surface area contributed by atoms with Crippen LogP contribution in [0.25, 0.3) is 0 Å². The Bertz CT molecular complexity index is 917. The van der Waals surface area contributed by atoms with Crippen LogP contribution in [0.3, 0.4) is 0 Å². The van der Waals surface area contributed by atoms with E-state index in [0.717, 1.165) is 22.5 Å². The summed E-state index contributed by atoms with van der Waals surface area (Å²) >= 11 is -2.01. The van der Waals surface area contributed by atoms with Crippen LogP contribution in [0.5, 0.6) is 0 Å². The summed E-state index contributed by atoms with van der Waals surface area (Å²) in [4.78, 5) is 10.8. The highest BCUT2D eigenvalue weighted by Crippen LogP contribution is 2.41. The van der Waals surface area contributed by atoms with Crippen molar-refractivity contribution in [3.8, 4) is 0 Å². The van der Waals surface area contributed by atoms with Crippen molar-refractivity contribution in [2.45, 2.75) is 37.6 Å². The second kappa shape index (κ2) is 6.16. The van der Waals surface area contributed by atoms with E-state index in [1.165, 1.54) is 12.1 Å². The first kappa shape index (κ1) is 17.4. The van der Waals surface area contributed by atoms with Crippen molar-refractivity contribution in [1.82, 2.24) is 0 Å². The van der Waals surface area contributed by atoms with Gasteiger partial charge in [0, 0.05) is 36.2 Å². The van der Waals surface area contributed by atoms with E-state index in [1.807, 2.05) is 13.0 Å². The molecule has 0 bridgehead atoms. The maximum Gasteiger partial charge on any atom is 0.269 e. The third-order valence-electron chi connectivity index (χ3n) is 4.93. The molecule has 1 aliphatic heterocycles. The number of hydrogen-bond acceptors (Lipinski definition) is 3. The maximum absolute atomic E-state index is 11.4. The van der Waals surface area contributed by atoms with Gasteiger partial charge >= 0.3 is 0 Å². The summed E-state index contributed by atoms with van der Waals surface area (Å²) in [6, 6.07) is 11.8. The Morgan fingerprint density at radius 1 is 1.20 bits per heavy atom. The monoisotopic (exact) mass is 359 g/mol. The number of hydrogen-bond donors (Lipinski definition) is 1. The molecule has 6 nitrogen and oxygen atoms in total. The molecule has 0 amide bonds. The summed E-state index contributed by atoms with van der Waals surface area (Å²) < 4.78 is 22.9. The molecule has 0 saturated heterocycles. The van der Waals surface area contributed by atoms with Crippen LogP contribution in [0, 0.1) is 10.1 Å². The Morgan fingerprint density at radius 3 is 2.40 bits per heavy atom. The van der Waals surface area contributed by atoms with E-state index in [-0.39, 0.29) is 11.1 Å². The standard InChI is InChI=1S/C18H18N2O4S/c1-12-18(2,3)16-10-15(25(23)24)8-9-17(16)19(12)11-13-4-6-14(7-5-13)20(21)22/h4-10H,11H2,1-3H3/p+1. The van der Waals surface area contributed by atoms with Gasteiger partial charge in [0.05, 0.1) is 15.2 Å². The molecule has 2 aromatic carbocycles. The van der Waals surface area contributed by atoms with Crippen LogP contribution in [-0.2, 0) is 23.0 Å². The average molecular weight is 359 g/mol. The first-order valence-corrected chi connectivity index (χ1v) is 8.93. The number of nitrogens with zero attached hydrogens (tertiary/aromatic N) is 2. The predicted octanol–water partition coefficient (Wildman–Crippen LogP) is 3.77. The molecule has 1 aliphatic rings. The van der Waals surface area contributed by atoms with Gasteiger partial charge in [-0.05, 0) is 38.1 Å². The highest BCUT2D eigenvalue weighted by atomic mass is 32.2. The number of nitro benzene ring substituents is 1. The molecule has 1 unspecified atom stereocenters. The fourth-order valence-electron chi connectivity index (χ4n) is 3.18. The fourth-order valence-corrected chi connectivity index (χ4v) is 3.59. The molecule has 0 radical (unpaired) electrons. The average Bonchev–Trinajstić information content (AvgIpc) is 2.76. The predicted molar refractivity (Wildman–Crippen MR) is 95.9 cm³/mol. The van der Waals surface area contributed by atoms with Gasteiger partial charge in [-0.1, -0.05) is 0 Å². The first-order valence-electron chi connectivity index (χ1n) is 7.82. The molecular formula is C18H19N2O4S+. The highest BCUT2D eigenvalue weighted by molar-refractivity contribution is 7.79. The van der Waals surface area contributed by atoms with E-state index in [2.05, 4.69) is 18.4 Å². The molecule has 7 heteroatoms. The van der Waals surface area contributed by atoms with E-state index < -0.39 is 16.0 Å². The number of fused-ring (bicyclic) bond motifs is 1. The van der Waals surface area contributed by atoms with Gasteiger partial charge in [-0.15, -0.1) is 0 Å². The van der Waals surface area contributed by atoms with Gasteiger partial charge in [0.15, 0.2) is 23.3 Å². The van der Waals surface area contributed by atoms with Gasteiger partial charge in [0.2, 0.25) is 5.69 Å². The minimum Gasteiger partial charge on any atom is -0.302 e. The van der Waals surface area contributed by atoms with E-state index in [4.69, 9.17) is 0 Å². The molecular weight excluding hydrogens is 340 g/mol. The van der Waals surface area contributed by atoms with Crippen molar-refractivity contribution in [1.29, 1.82) is 0 Å². The normalized spacial score (nSPS) is 16.6. The van der Waals surface area contributed by atoms with E-state index in [9.17, 15) is 18.9 Å². The van der Waals surface area contributed by atoms with Crippen molar-refractivity contribution in [3.05, 3.63) is 63.7 Å². The van der Waals surface area contributed by atoms with Crippen LogP contribution < -0.4 is 0 Å². The summed E-state index contributed by atoms with van der Waals surface area (Å²) in [5, 5.41) is 10.8. The molecule has 2 aromatic rings. The van der Waals surface area contributed by atoms with Crippen molar-refractivity contribution in [3.63, 3.8) is 0 Å². The van der Waals surface area contributed by atoms with Gasteiger partial charge in [0.1, 0.15) is 0 Å². The summed E-state index contributed by atoms with van der Waals surface area (Å²) in [5.74, 6) is 0. The lowest BCUT2D eigenvalue weighted by Gasteiger charge is -2.15. The molecule has 1 heterocycles. The van der Waals surface area contributed by atoms with Crippen LogP contribution in [0.4, 0.5) is 11.4 Å². The van der Waals surface area contributed by atoms with E-state index in [1.54, 1.807) is 24.3 Å². The van der Waals surface area contributed by atoms with Gasteiger partial charge in [0.25, 0.3) is 5.69 Å². The third-order valence-corrected chi connectivity index (χ3v) is 5.59. The van der Waals surface area contributed by atoms with Gasteiger partial charge < -0.3 is 4.55 Å². The van der Waals surface area contributed by atoms with E-state index >= 15 is 0 Å². The second-order valence-corrected chi connectivity index (χ2v) is 7.62. The highest BCUT2D eigenvalue weighted by Gasteiger charge is 2.43. The molecule has 0 spiro atoms. The van der Waals surface area contributed by atoms with Crippen LogP contribution in [-0.4, -0.2) is 24.0 Å². The van der Waals surface area contributed by atoms with E-state index in [0.29, 0.717) is 11.4 Å². The zero-order valence-corrected chi connectivity index (χ0v) is 15.0. The van der Waals surface area contributed by atoms with Gasteiger partial charge in [-0.2, -0.15) is 4.58 Å². The maximum atomic E-state index is 11.4. The zero-order chi connectivity index (χ0) is 18.4. The van der Waals surface area contributed by atoms with Crippen LogP contribution >= 0.6 is 0 Å². The summed E-state index contributed by atoms with van der Waals surface area (Å²) in [6.07, 6.45) is 0. The van der Waals surface area contributed by atoms with Crippen LogP contribution in [0.2, 0.25) is 0 Å². The molecule has 130 valence electrons. The van der Waals surface area contributed by atoms with Crippen LogP contribution in [0.1, 0.15) is 31.9 Å². The van der Waals surface area contributed by atoms with Crippen molar-refractivity contribution < 1.29 is 18.3 Å². The van der Waals surface area contributed by atoms with Crippen LogP contribution in [0.15, 0.2) is 47.4 Å². The van der Waals surface area contributed by atoms with Gasteiger partial charge in [-0.25, -0.2) is 4.21 Å². The quantitative estimate of drug-likeness (QED) is 0.390. The first-order chi connectivity index (χ1) is 11.7. The lowest BCUT2D eigenvalue weighted by molar-refractivity contribution is -0.456. The zero-order valence-electron chi connectivity index (χ0n) is 14.2. The Hall–Kier alpha value is -2.38. The molecule has 0 aliphatic carbocycles. The SMILES string of the molecule is CC1=[N+](Cc2ccc([N+](=O)[O-])cc2)c2ccc(S(=O)O)cc2C1(C)C. The summed E-state index contributed by atoms with van der Waals surface area (Å²) in [6.45, 7) is 6.80. The number of non-ortho nitro benzene ring substituents is 1. The Morgan fingerprint density at radius 2 is 1.84 bits per heavy atom. The smallest absolute Gasteiger partial charge is 0.269 e. The second-order valence-electron chi connectivity index (χ2n) is 6.65. The van der Waals surface area contributed by atoms with Gasteiger partial charge in [-0.3, -0.25) is 10.1 Å². The largest absolute Gasteiger partial charge is 0.302 e.